The minimum absolute atomic E-state index is 0.00921. The second kappa shape index (κ2) is 4.68. The van der Waals surface area contributed by atoms with Crippen LogP contribution >= 0.6 is 0 Å². The highest BCUT2D eigenvalue weighted by Crippen LogP contribution is 2.32. The van der Waals surface area contributed by atoms with Crippen molar-refractivity contribution in [1.29, 1.82) is 0 Å². The summed E-state index contributed by atoms with van der Waals surface area (Å²) in [6.45, 7) is 1.87. The molecule has 2 aliphatic rings. The van der Waals surface area contributed by atoms with Gasteiger partial charge in [0.2, 0.25) is 11.8 Å². The molecule has 2 amide bonds. The molecular weight excluding hydrogens is 240 g/mol. The molecule has 3 rings (SSSR count). The van der Waals surface area contributed by atoms with E-state index in [0.717, 1.165) is 18.4 Å². The molecule has 1 aliphatic heterocycles. The molecule has 4 heteroatoms. The van der Waals surface area contributed by atoms with Crippen LogP contribution in [0.25, 0.3) is 0 Å². The molecule has 0 aromatic heterocycles. The molecule has 1 aromatic rings. The average molecular weight is 258 g/mol. The SMILES string of the molecule is CC1C(=O)NC(c2ccccc2)C1NC(=O)C1CC1. The molecule has 3 unspecified atom stereocenters. The number of benzene rings is 1. The van der Waals surface area contributed by atoms with Crippen LogP contribution in [0.15, 0.2) is 30.3 Å². The molecule has 1 heterocycles. The fourth-order valence-electron chi connectivity index (χ4n) is 2.61. The van der Waals surface area contributed by atoms with E-state index in [9.17, 15) is 9.59 Å². The van der Waals surface area contributed by atoms with E-state index in [1.165, 1.54) is 0 Å². The molecule has 19 heavy (non-hydrogen) atoms. The highest BCUT2D eigenvalue weighted by Gasteiger charge is 2.42. The van der Waals surface area contributed by atoms with Crippen molar-refractivity contribution in [1.82, 2.24) is 10.6 Å². The lowest BCUT2D eigenvalue weighted by molar-refractivity contribution is -0.124. The minimum Gasteiger partial charge on any atom is -0.350 e. The lowest BCUT2D eigenvalue weighted by Gasteiger charge is -2.22. The maximum absolute atomic E-state index is 11.9. The third-order valence-electron chi connectivity index (χ3n) is 4.02. The molecule has 100 valence electrons. The van der Waals surface area contributed by atoms with Crippen LogP contribution in [0.2, 0.25) is 0 Å². The standard InChI is InChI=1S/C15H18N2O2/c1-9-12(16-15(19)11-7-8-11)13(17-14(9)18)10-5-3-2-4-6-10/h2-6,9,11-13H,7-8H2,1H3,(H,16,19)(H,17,18). The molecule has 4 nitrogen and oxygen atoms in total. The highest BCUT2D eigenvalue weighted by atomic mass is 16.2. The highest BCUT2D eigenvalue weighted by molar-refractivity contribution is 5.86. The van der Waals surface area contributed by atoms with Gasteiger partial charge in [0.25, 0.3) is 0 Å². The Morgan fingerprint density at radius 3 is 2.58 bits per heavy atom. The summed E-state index contributed by atoms with van der Waals surface area (Å²) in [4.78, 5) is 23.8. The van der Waals surface area contributed by atoms with Gasteiger partial charge in [-0.15, -0.1) is 0 Å². The van der Waals surface area contributed by atoms with Crippen molar-refractivity contribution >= 4 is 11.8 Å². The largest absolute Gasteiger partial charge is 0.350 e. The van der Waals surface area contributed by atoms with Gasteiger partial charge in [0.15, 0.2) is 0 Å². The first kappa shape index (κ1) is 12.2. The third-order valence-corrected chi connectivity index (χ3v) is 4.02. The van der Waals surface area contributed by atoms with E-state index < -0.39 is 0 Å². The maximum Gasteiger partial charge on any atom is 0.225 e. The summed E-state index contributed by atoms with van der Waals surface area (Å²) in [6, 6.07) is 9.54. The molecule has 1 saturated heterocycles. The average Bonchev–Trinajstić information content (AvgIpc) is 3.23. The van der Waals surface area contributed by atoms with E-state index in [4.69, 9.17) is 0 Å². The Balaban J connectivity index is 1.80. The summed E-state index contributed by atoms with van der Waals surface area (Å²) in [5.74, 6) is 0.0801. The zero-order valence-corrected chi connectivity index (χ0v) is 10.9. The zero-order chi connectivity index (χ0) is 13.4. The van der Waals surface area contributed by atoms with E-state index in [1.807, 2.05) is 37.3 Å². The summed E-state index contributed by atoms with van der Waals surface area (Å²) in [7, 11) is 0. The van der Waals surface area contributed by atoms with E-state index in [2.05, 4.69) is 10.6 Å². The Hall–Kier alpha value is -1.84. The monoisotopic (exact) mass is 258 g/mol. The van der Waals surface area contributed by atoms with E-state index in [-0.39, 0.29) is 35.7 Å². The molecule has 0 bridgehead atoms. The van der Waals surface area contributed by atoms with Crippen LogP contribution in [0, 0.1) is 11.8 Å². The summed E-state index contributed by atoms with van der Waals surface area (Å²) in [6.07, 6.45) is 1.95. The van der Waals surface area contributed by atoms with Crippen LogP contribution in [0.1, 0.15) is 31.4 Å². The minimum atomic E-state index is -0.187. The van der Waals surface area contributed by atoms with Gasteiger partial charge < -0.3 is 10.6 Å². The van der Waals surface area contributed by atoms with Crippen molar-refractivity contribution in [3.05, 3.63) is 35.9 Å². The van der Waals surface area contributed by atoms with Crippen molar-refractivity contribution in [2.24, 2.45) is 11.8 Å². The Labute approximate surface area is 112 Å². The lowest BCUT2D eigenvalue weighted by Crippen LogP contribution is -2.42. The van der Waals surface area contributed by atoms with Crippen LogP contribution < -0.4 is 10.6 Å². The summed E-state index contributed by atoms with van der Waals surface area (Å²) < 4.78 is 0. The van der Waals surface area contributed by atoms with E-state index in [0.29, 0.717) is 0 Å². The number of hydrogen-bond donors (Lipinski definition) is 2. The van der Waals surface area contributed by atoms with Crippen LogP contribution in [-0.4, -0.2) is 17.9 Å². The Bertz CT molecular complexity index is 496. The van der Waals surface area contributed by atoms with Crippen molar-refractivity contribution in [3.8, 4) is 0 Å². The van der Waals surface area contributed by atoms with Gasteiger partial charge >= 0.3 is 0 Å². The molecule has 0 radical (unpaired) electrons. The number of rotatable bonds is 3. The third kappa shape index (κ3) is 2.35. The quantitative estimate of drug-likeness (QED) is 0.860. The van der Waals surface area contributed by atoms with Crippen LogP contribution in [0.4, 0.5) is 0 Å². The van der Waals surface area contributed by atoms with Gasteiger partial charge in [-0.05, 0) is 18.4 Å². The van der Waals surface area contributed by atoms with Gasteiger partial charge in [-0.3, -0.25) is 9.59 Å². The Morgan fingerprint density at radius 1 is 1.26 bits per heavy atom. The second-order valence-electron chi connectivity index (χ2n) is 5.49. The van der Waals surface area contributed by atoms with Crippen LogP contribution in [0.5, 0.6) is 0 Å². The number of carbonyl (C=O) groups is 2. The van der Waals surface area contributed by atoms with Gasteiger partial charge in [-0.1, -0.05) is 37.3 Å². The van der Waals surface area contributed by atoms with Gasteiger partial charge in [0.05, 0.1) is 18.0 Å². The Morgan fingerprint density at radius 2 is 1.95 bits per heavy atom. The topological polar surface area (TPSA) is 58.2 Å². The number of hydrogen-bond acceptors (Lipinski definition) is 2. The normalized spacial score (nSPS) is 29.9. The van der Waals surface area contributed by atoms with Crippen molar-refractivity contribution < 1.29 is 9.59 Å². The molecule has 0 spiro atoms. The molecule has 3 atom stereocenters. The Kier molecular flexibility index (Phi) is 3.01. The summed E-state index contributed by atoms with van der Waals surface area (Å²) >= 11 is 0. The molecule has 1 saturated carbocycles. The first-order chi connectivity index (χ1) is 9.16. The van der Waals surface area contributed by atoms with Crippen molar-refractivity contribution in [2.75, 3.05) is 0 Å². The fraction of sp³-hybridized carbons (Fsp3) is 0.467. The van der Waals surface area contributed by atoms with Gasteiger partial charge in [0.1, 0.15) is 0 Å². The molecular formula is C15H18N2O2. The maximum atomic E-state index is 11.9. The smallest absolute Gasteiger partial charge is 0.225 e. The number of amides is 2. The van der Waals surface area contributed by atoms with Crippen LogP contribution in [0.3, 0.4) is 0 Å². The first-order valence-electron chi connectivity index (χ1n) is 6.82. The molecule has 2 N–H and O–H groups in total. The zero-order valence-electron chi connectivity index (χ0n) is 10.9. The van der Waals surface area contributed by atoms with Crippen molar-refractivity contribution in [3.63, 3.8) is 0 Å². The van der Waals surface area contributed by atoms with E-state index >= 15 is 0 Å². The lowest BCUT2D eigenvalue weighted by atomic mass is 9.94. The first-order valence-corrected chi connectivity index (χ1v) is 6.82. The predicted molar refractivity (Wildman–Crippen MR) is 71.1 cm³/mol. The predicted octanol–water partition coefficient (Wildman–Crippen LogP) is 1.39. The second-order valence-corrected chi connectivity index (χ2v) is 5.49. The number of nitrogens with one attached hydrogen (secondary N) is 2. The molecule has 2 fully saturated rings. The van der Waals surface area contributed by atoms with Crippen LogP contribution in [-0.2, 0) is 9.59 Å². The molecule has 1 aromatic carbocycles. The summed E-state index contributed by atoms with van der Waals surface area (Å²) in [5, 5.41) is 6.03. The van der Waals surface area contributed by atoms with Gasteiger partial charge in [-0.2, -0.15) is 0 Å². The van der Waals surface area contributed by atoms with E-state index in [1.54, 1.807) is 0 Å². The van der Waals surface area contributed by atoms with Gasteiger partial charge in [0, 0.05) is 5.92 Å². The van der Waals surface area contributed by atoms with Crippen molar-refractivity contribution in [2.45, 2.75) is 31.8 Å². The fourth-order valence-corrected chi connectivity index (χ4v) is 2.61. The molecule has 1 aliphatic carbocycles. The summed E-state index contributed by atoms with van der Waals surface area (Å²) in [5.41, 5.74) is 1.04. The van der Waals surface area contributed by atoms with Gasteiger partial charge in [-0.25, -0.2) is 0 Å². The number of carbonyl (C=O) groups excluding carboxylic acids is 2.